The Morgan fingerprint density at radius 1 is 1.50 bits per heavy atom. The summed E-state index contributed by atoms with van der Waals surface area (Å²) in [6.07, 6.45) is 0. The largest absolute Gasteiger partial charge is 0.361 e. The Balaban J connectivity index is 2.06. The lowest BCUT2D eigenvalue weighted by Gasteiger charge is -2.03. The summed E-state index contributed by atoms with van der Waals surface area (Å²) in [5.41, 5.74) is -0.153. The molecule has 1 aromatic carbocycles. The number of halogens is 1. The van der Waals surface area contributed by atoms with Gasteiger partial charge in [0.25, 0.3) is 5.91 Å². The van der Waals surface area contributed by atoms with Gasteiger partial charge in [-0.1, -0.05) is 5.16 Å². The molecule has 2 rings (SSSR count). The minimum Gasteiger partial charge on any atom is -0.361 e. The molecule has 1 N–H and O–H groups in total. The molecule has 2 aromatic rings. The standard InChI is InChI=1S/C12H10FN3O4/c1-7-4-9(15-20-7)6-14-12(17)8-2-3-11(16(18)19)10(13)5-8/h2-5H,6H2,1H3,(H,14,17). The molecule has 7 nitrogen and oxygen atoms in total. The fourth-order valence-electron chi connectivity index (χ4n) is 1.57. The van der Waals surface area contributed by atoms with E-state index in [0.29, 0.717) is 11.5 Å². The summed E-state index contributed by atoms with van der Waals surface area (Å²) in [7, 11) is 0. The van der Waals surface area contributed by atoms with Gasteiger partial charge in [0.05, 0.1) is 11.5 Å². The highest BCUT2D eigenvalue weighted by Crippen LogP contribution is 2.17. The normalized spacial score (nSPS) is 10.3. The van der Waals surface area contributed by atoms with Crippen molar-refractivity contribution in [3.63, 3.8) is 0 Å². The van der Waals surface area contributed by atoms with Crippen molar-refractivity contribution < 1.29 is 18.6 Å². The molecule has 0 aliphatic carbocycles. The summed E-state index contributed by atoms with van der Waals surface area (Å²) in [5.74, 6) is -1.00. The van der Waals surface area contributed by atoms with Gasteiger partial charge >= 0.3 is 5.69 Å². The average Bonchev–Trinajstić information content (AvgIpc) is 2.81. The topological polar surface area (TPSA) is 98.3 Å². The van der Waals surface area contributed by atoms with E-state index in [1.165, 1.54) is 6.07 Å². The number of aryl methyl sites for hydroxylation is 1. The Kier molecular flexibility index (Phi) is 3.74. The van der Waals surface area contributed by atoms with E-state index in [1.54, 1.807) is 13.0 Å². The number of carbonyl (C=O) groups is 1. The van der Waals surface area contributed by atoms with Crippen LogP contribution in [-0.2, 0) is 6.54 Å². The number of rotatable bonds is 4. The molecular formula is C12H10FN3O4. The van der Waals surface area contributed by atoms with Crippen molar-refractivity contribution in [2.24, 2.45) is 0 Å². The van der Waals surface area contributed by atoms with Crippen molar-refractivity contribution in [2.75, 3.05) is 0 Å². The van der Waals surface area contributed by atoms with E-state index < -0.39 is 22.3 Å². The van der Waals surface area contributed by atoms with Crippen LogP contribution in [0, 0.1) is 22.9 Å². The molecule has 0 fully saturated rings. The summed E-state index contributed by atoms with van der Waals surface area (Å²) >= 11 is 0. The second-order valence-electron chi connectivity index (χ2n) is 4.03. The Labute approximate surface area is 112 Å². The van der Waals surface area contributed by atoms with E-state index in [9.17, 15) is 19.3 Å². The van der Waals surface area contributed by atoms with Crippen LogP contribution in [0.15, 0.2) is 28.8 Å². The molecule has 20 heavy (non-hydrogen) atoms. The molecule has 0 saturated heterocycles. The first-order valence-corrected chi connectivity index (χ1v) is 5.61. The molecule has 104 valence electrons. The third kappa shape index (κ3) is 2.97. The second kappa shape index (κ2) is 5.47. The lowest BCUT2D eigenvalue weighted by molar-refractivity contribution is -0.387. The van der Waals surface area contributed by atoms with Crippen LogP contribution >= 0.6 is 0 Å². The number of aromatic nitrogens is 1. The van der Waals surface area contributed by atoms with Crippen molar-refractivity contribution in [1.29, 1.82) is 0 Å². The number of hydrogen-bond acceptors (Lipinski definition) is 5. The van der Waals surface area contributed by atoms with Crippen molar-refractivity contribution in [3.8, 4) is 0 Å². The molecule has 8 heteroatoms. The van der Waals surface area contributed by atoms with E-state index in [1.807, 2.05) is 0 Å². The highest BCUT2D eigenvalue weighted by atomic mass is 19.1. The molecule has 1 aromatic heterocycles. The summed E-state index contributed by atoms with van der Waals surface area (Å²) in [6.45, 7) is 1.83. The van der Waals surface area contributed by atoms with Gasteiger partial charge in [-0.05, 0) is 19.1 Å². The van der Waals surface area contributed by atoms with Gasteiger partial charge in [0.1, 0.15) is 11.5 Å². The number of carbonyl (C=O) groups excluding carboxylic acids is 1. The van der Waals surface area contributed by atoms with Crippen molar-refractivity contribution in [1.82, 2.24) is 10.5 Å². The molecule has 0 unspecified atom stereocenters. The van der Waals surface area contributed by atoms with E-state index in [4.69, 9.17) is 4.52 Å². The molecule has 1 heterocycles. The number of hydrogen-bond donors (Lipinski definition) is 1. The maximum Gasteiger partial charge on any atom is 0.304 e. The van der Waals surface area contributed by atoms with Crippen LogP contribution in [0.5, 0.6) is 0 Å². The van der Waals surface area contributed by atoms with E-state index in [2.05, 4.69) is 10.5 Å². The summed E-state index contributed by atoms with van der Waals surface area (Å²) in [6, 6.07) is 4.60. The van der Waals surface area contributed by atoms with Crippen LogP contribution in [0.25, 0.3) is 0 Å². The molecule has 0 aliphatic heterocycles. The number of nitrogens with one attached hydrogen (secondary N) is 1. The third-order valence-corrected chi connectivity index (χ3v) is 2.51. The number of nitrogens with zero attached hydrogens (tertiary/aromatic N) is 2. The molecular weight excluding hydrogens is 269 g/mol. The van der Waals surface area contributed by atoms with Gasteiger partial charge < -0.3 is 9.84 Å². The molecule has 0 atom stereocenters. The predicted octanol–water partition coefficient (Wildman–Crippen LogP) is 1.96. The maximum absolute atomic E-state index is 13.4. The summed E-state index contributed by atoms with van der Waals surface area (Å²) in [5, 5.41) is 16.7. The number of nitro benzene ring substituents is 1. The zero-order valence-electron chi connectivity index (χ0n) is 10.4. The Hall–Kier alpha value is -2.77. The Morgan fingerprint density at radius 3 is 2.80 bits per heavy atom. The van der Waals surface area contributed by atoms with Crippen LogP contribution in [0.4, 0.5) is 10.1 Å². The van der Waals surface area contributed by atoms with Crippen LogP contribution in [-0.4, -0.2) is 16.0 Å². The minimum absolute atomic E-state index is 0.00619. The van der Waals surface area contributed by atoms with Crippen LogP contribution < -0.4 is 5.32 Å². The summed E-state index contributed by atoms with van der Waals surface area (Å²) in [4.78, 5) is 21.4. The van der Waals surface area contributed by atoms with Crippen molar-refractivity contribution >= 4 is 11.6 Å². The van der Waals surface area contributed by atoms with Crippen LogP contribution in [0.3, 0.4) is 0 Å². The van der Waals surface area contributed by atoms with Gasteiger partial charge in [0.15, 0.2) is 0 Å². The fourth-order valence-corrected chi connectivity index (χ4v) is 1.57. The van der Waals surface area contributed by atoms with E-state index in [-0.39, 0.29) is 12.1 Å². The van der Waals surface area contributed by atoms with Gasteiger partial charge in [-0.2, -0.15) is 4.39 Å². The van der Waals surface area contributed by atoms with Gasteiger partial charge in [0.2, 0.25) is 5.82 Å². The van der Waals surface area contributed by atoms with Gasteiger partial charge in [-0.3, -0.25) is 14.9 Å². The maximum atomic E-state index is 13.4. The fraction of sp³-hybridized carbons (Fsp3) is 0.167. The highest BCUT2D eigenvalue weighted by molar-refractivity contribution is 5.94. The zero-order valence-corrected chi connectivity index (χ0v) is 10.4. The molecule has 0 saturated carbocycles. The molecule has 1 amide bonds. The smallest absolute Gasteiger partial charge is 0.304 e. The lowest BCUT2D eigenvalue weighted by atomic mass is 10.2. The van der Waals surface area contributed by atoms with Crippen LogP contribution in [0.1, 0.15) is 21.8 Å². The van der Waals surface area contributed by atoms with Crippen molar-refractivity contribution in [2.45, 2.75) is 13.5 Å². The molecule has 0 bridgehead atoms. The lowest BCUT2D eigenvalue weighted by Crippen LogP contribution is -2.23. The predicted molar refractivity (Wildman–Crippen MR) is 65.5 cm³/mol. The molecule has 0 spiro atoms. The first-order valence-electron chi connectivity index (χ1n) is 5.61. The van der Waals surface area contributed by atoms with Gasteiger partial charge in [-0.25, -0.2) is 0 Å². The molecule has 0 radical (unpaired) electrons. The monoisotopic (exact) mass is 279 g/mol. The zero-order chi connectivity index (χ0) is 14.7. The minimum atomic E-state index is -1.06. The molecule has 0 aliphatic rings. The number of amides is 1. The van der Waals surface area contributed by atoms with E-state index in [0.717, 1.165) is 12.1 Å². The van der Waals surface area contributed by atoms with Gasteiger partial charge in [-0.15, -0.1) is 0 Å². The highest BCUT2D eigenvalue weighted by Gasteiger charge is 2.16. The Morgan fingerprint density at radius 2 is 2.25 bits per heavy atom. The SMILES string of the molecule is Cc1cc(CNC(=O)c2ccc([N+](=O)[O-])c(F)c2)no1. The average molecular weight is 279 g/mol. The first kappa shape index (κ1) is 13.7. The second-order valence-corrected chi connectivity index (χ2v) is 4.03. The Bertz CT molecular complexity index is 668. The summed E-state index contributed by atoms with van der Waals surface area (Å²) < 4.78 is 18.2. The van der Waals surface area contributed by atoms with Crippen LogP contribution in [0.2, 0.25) is 0 Å². The quantitative estimate of drug-likeness (QED) is 0.681. The van der Waals surface area contributed by atoms with E-state index >= 15 is 0 Å². The first-order chi connectivity index (χ1) is 9.47. The number of nitro groups is 1. The van der Waals surface area contributed by atoms with Gasteiger partial charge in [0, 0.05) is 17.7 Å². The third-order valence-electron chi connectivity index (χ3n) is 2.51. The number of benzene rings is 1. The van der Waals surface area contributed by atoms with Crippen molar-refractivity contribution in [3.05, 3.63) is 57.2 Å².